The van der Waals surface area contributed by atoms with Crippen LogP contribution in [0.2, 0.25) is 10.0 Å². The van der Waals surface area contributed by atoms with Crippen molar-refractivity contribution < 1.29 is 13.2 Å². The number of carbonyl (C=O) groups is 1. The fraction of sp³-hybridized carbons (Fsp3) is 0.458. The van der Waals surface area contributed by atoms with Crippen molar-refractivity contribution in [3.8, 4) is 0 Å². The number of piperazine rings is 1. The topological polar surface area (TPSA) is 60.9 Å². The van der Waals surface area contributed by atoms with Crippen LogP contribution in [0.15, 0.2) is 53.4 Å². The van der Waals surface area contributed by atoms with E-state index < -0.39 is 10.0 Å². The Labute approximate surface area is 206 Å². The van der Waals surface area contributed by atoms with Crippen molar-refractivity contribution in [1.29, 1.82) is 0 Å². The van der Waals surface area contributed by atoms with Crippen LogP contribution >= 0.6 is 23.2 Å². The summed E-state index contributed by atoms with van der Waals surface area (Å²) in [5.41, 5.74) is 1.03. The molecule has 0 N–H and O–H groups in total. The van der Waals surface area contributed by atoms with Crippen LogP contribution in [0, 0.1) is 0 Å². The van der Waals surface area contributed by atoms with Gasteiger partial charge in [-0.1, -0.05) is 48.5 Å². The highest BCUT2D eigenvalue weighted by atomic mass is 35.5. The van der Waals surface area contributed by atoms with Crippen LogP contribution in [0.4, 0.5) is 5.69 Å². The summed E-state index contributed by atoms with van der Waals surface area (Å²) in [6, 6.07) is 13.7. The summed E-state index contributed by atoms with van der Waals surface area (Å²) >= 11 is 12.1. The predicted molar refractivity (Wildman–Crippen MR) is 132 cm³/mol. The summed E-state index contributed by atoms with van der Waals surface area (Å²) in [6.07, 6.45) is 4.61. The molecule has 1 saturated carbocycles. The predicted octanol–water partition coefficient (Wildman–Crippen LogP) is 4.67. The van der Waals surface area contributed by atoms with E-state index in [2.05, 4.69) is 4.90 Å². The minimum absolute atomic E-state index is 0.132. The molecule has 9 heteroatoms. The Morgan fingerprint density at radius 1 is 0.909 bits per heavy atom. The molecular weight excluding hydrogens is 481 g/mol. The molecule has 33 heavy (non-hydrogen) atoms. The smallest absolute Gasteiger partial charge is 0.243 e. The number of anilines is 1. The van der Waals surface area contributed by atoms with Gasteiger partial charge in [0.1, 0.15) is 0 Å². The molecule has 0 spiro atoms. The zero-order chi connectivity index (χ0) is 23.4. The van der Waals surface area contributed by atoms with Crippen molar-refractivity contribution in [3.63, 3.8) is 0 Å². The first-order chi connectivity index (χ1) is 15.8. The Balaban J connectivity index is 1.47. The van der Waals surface area contributed by atoms with E-state index >= 15 is 0 Å². The highest BCUT2D eigenvalue weighted by Crippen LogP contribution is 2.29. The van der Waals surface area contributed by atoms with Crippen molar-refractivity contribution in [2.75, 3.05) is 37.6 Å². The fourth-order valence-electron chi connectivity index (χ4n) is 4.64. The van der Waals surface area contributed by atoms with Crippen molar-refractivity contribution in [3.05, 3.63) is 58.6 Å². The Kier molecular flexibility index (Phi) is 7.84. The van der Waals surface area contributed by atoms with Gasteiger partial charge in [-0.25, -0.2) is 8.42 Å². The van der Waals surface area contributed by atoms with E-state index in [4.69, 9.17) is 23.2 Å². The van der Waals surface area contributed by atoms with Gasteiger partial charge < -0.3 is 9.80 Å². The van der Waals surface area contributed by atoms with Crippen molar-refractivity contribution in [1.82, 2.24) is 9.21 Å². The van der Waals surface area contributed by atoms with E-state index in [0.29, 0.717) is 36.2 Å². The molecule has 2 aromatic carbocycles. The van der Waals surface area contributed by atoms with Crippen LogP contribution in [0.5, 0.6) is 0 Å². The molecule has 2 fully saturated rings. The van der Waals surface area contributed by atoms with Crippen LogP contribution in [-0.4, -0.2) is 62.3 Å². The number of nitrogens with zero attached hydrogens (tertiary/aromatic N) is 3. The van der Waals surface area contributed by atoms with Gasteiger partial charge in [0.2, 0.25) is 15.9 Å². The van der Waals surface area contributed by atoms with Gasteiger partial charge in [0.25, 0.3) is 0 Å². The van der Waals surface area contributed by atoms with E-state index in [0.717, 1.165) is 37.8 Å². The molecule has 1 amide bonds. The first-order valence-corrected chi connectivity index (χ1v) is 13.6. The Hall–Kier alpha value is -1.80. The second-order valence-electron chi connectivity index (χ2n) is 8.64. The standard InChI is InChI=1S/C24H29Cl2N3O3S/c25-19-9-11-23(12-10-19)33(31,32)29(21-6-2-1-3-7-21)18-24(30)28-15-13-27(14-16-28)22-8-4-5-20(26)17-22/h4-5,8-12,17,21H,1-3,6-7,13-16,18H2. The molecule has 6 nitrogen and oxygen atoms in total. The number of amides is 1. The maximum Gasteiger partial charge on any atom is 0.243 e. The van der Waals surface area contributed by atoms with Gasteiger partial charge in [-0.05, 0) is 55.3 Å². The quantitative estimate of drug-likeness (QED) is 0.567. The molecule has 0 unspecified atom stereocenters. The number of carbonyl (C=O) groups excluding carboxylic acids is 1. The summed E-state index contributed by atoms with van der Waals surface area (Å²) < 4.78 is 28.5. The molecule has 0 aromatic heterocycles. The normalized spacial score (nSPS) is 18.0. The van der Waals surface area contributed by atoms with Gasteiger partial charge in [-0.2, -0.15) is 4.31 Å². The van der Waals surface area contributed by atoms with Crippen molar-refractivity contribution >= 4 is 44.8 Å². The van der Waals surface area contributed by atoms with E-state index in [1.54, 1.807) is 17.0 Å². The number of rotatable bonds is 6. The first-order valence-electron chi connectivity index (χ1n) is 11.4. The zero-order valence-corrected chi connectivity index (χ0v) is 20.8. The van der Waals surface area contributed by atoms with Gasteiger partial charge in [0.15, 0.2) is 0 Å². The number of sulfonamides is 1. The van der Waals surface area contributed by atoms with E-state index in [-0.39, 0.29) is 23.4 Å². The molecule has 2 aromatic rings. The highest BCUT2D eigenvalue weighted by Gasteiger charge is 2.35. The van der Waals surface area contributed by atoms with E-state index in [1.807, 2.05) is 24.3 Å². The average Bonchev–Trinajstić information content (AvgIpc) is 2.83. The van der Waals surface area contributed by atoms with Crippen molar-refractivity contribution in [2.45, 2.75) is 43.0 Å². The molecule has 0 bridgehead atoms. The summed E-state index contributed by atoms with van der Waals surface area (Å²) in [4.78, 5) is 17.4. The van der Waals surface area contributed by atoms with Gasteiger partial charge in [0.05, 0.1) is 11.4 Å². The Morgan fingerprint density at radius 3 is 2.21 bits per heavy atom. The molecule has 1 heterocycles. The monoisotopic (exact) mass is 509 g/mol. The molecule has 1 aliphatic heterocycles. The largest absolute Gasteiger partial charge is 0.368 e. The Bertz CT molecular complexity index is 1060. The second-order valence-corrected chi connectivity index (χ2v) is 11.4. The van der Waals surface area contributed by atoms with Crippen LogP contribution in [0.3, 0.4) is 0 Å². The number of hydrogen-bond acceptors (Lipinski definition) is 4. The number of benzene rings is 2. The minimum Gasteiger partial charge on any atom is -0.368 e. The number of halogens is 2. The van der Waals surface area contributed by atoms with E-state index in [9.17, 15) is 13.2 Å². The third-order valence-corrected chi connectivity index (χ3v) is 8.90. The van der Waals surface area contributed by atoms with Crippen LogP contribution < -0.4 is 4.90 Å². The van der Waals surface area contributed by atoms with E-state index in [1.165, 1.54) is 16.4 Å². The molecule has 0 atom stereocenters. The van der Waals surface area contributed by atoms with Crippen LogP contribution in [0.1, 0.15) is 32.1 Å². The number of hydrogen-bond donors (Lipinski definition) is 0. The summed E-state index contributed by atoms with van der Waals surface area (Å²) in [7, 11) is -3.81. The maximum atomic E-state index is 13.5. The Morgan fingerprint density at radius 2 is 1.58 bits per heavy atom. The molecule has 4 rings (SSSR count). The molecule has 0 radical (unpaired) electrons. The lowest BCUT2D eigenvalue weighted by Gasteiger charge is -2.38. The van der Waals surface area contributed by atoms with Crippen molar-refractivity contribution in [2.24, 2.45) is 0 Å². The van der Waals surface area contributed by atoms with Gasteiger partial charge >= 0.3 is 0 Å². The lowest BCUT2D eigenvalue weighted by Crippen LogP contribution is -2.53. The summed E-state index contributed by atoms with van der Waals surface area (Å²) in [5, 5.41) is 1.16. The summed E-state index contributed by atoms with van der Waals surface area (Å²) in [5.74, 6) is -0.149. The van der Waals surface area contributed by atoms with Gasteiger partial charge in [0, 0.05) is 48.0 Å². The molecule has 1 aliphatic carbocycles. The third kappa shape index (κ3) is 5.83. The zero-order valence-electron chi connectivity index (χ0n) is 18.5. The maximum absolute atomic E-state index is 13.5. The lowest BCUT2D eigenvalue weighted by atomic mass is 9.95. The summed E-state index contributed by atoms with van der Waals surface area (Å²) in [6.45, 7) is 2.32. The van der Waals surface area contributed by atoms with Gasteiger partial charge in [-0.15, -0.1) is 0 Å². The SMILES string of the molecule is O=C(CN(C1CCCCC1)S(=O)(=O)c1ccc(Cl)cc1)N1CCN(c2cccc(Cl)c2)CC1. The molecule has 2 aliphatic rings. The first kappa shape index (κ1) is 24.3. The molecule has 178 valence electrons. The third-order valence-electron chi connectivity index (χ3n) is 6.50. The van der Waals surface area contributed by atoms with Gasteiger partial charge in [-0.3, -0.25) is 4.79 Å². The minimum atomic E-state index is -3.81. The lowest BCUT2D eigenvalue weighted by molar-refractivity contribution is -0.132. The fourth-order valence-corrected chi connectivity index (χ4v) is 6.59. The second kappa shape index (κ2) is 10.6. The van der Waals surface area contributed by atoms with Crippen LogP contribution in [0.25, 0.3) is 0 Å². The molecule has 1 saturated heterocycles. The highest BCUT2D eigenvalue weighted by molar-refractivity contribution is 7.89. The average molecular weight is 510 g/mol. The van der Waals surface area contributed by atoms with Crippen LogP contribution in [-0.2, 0) is 14.8 Å². The molecular formula is C24H29Cl2N3O3S.